The predicted molar refractivity (Wildman–Crippen MR) is 98.4 cm³/mol. The van der Waals surface area contributed by atoms with Crippen LogP contribution in [0, 0.1) is 5.92 Å². The number of ether oxygens (including phenoxy) is 3. The van der Waals surface area contributed by atoms with Gasteiger partial charge in [-0.15, -0.1) is 0 Å². The Morgan fingerprint density at radius 2 is 2.19 bits per heavy atom. The molecule has 1 aromatic rings. The van der Waals surface area contributed by atoms with Gasteiger partial charge in [-0.25, -0.2) is 4.79 Å². The van der Waals surface area contributed by atoms with Crippen molar-refractivity contribution in [1.29, 1.82) is 0 Å². The highest BCUT2D eigenvalue weighted by Gasteiger charge is 2.51. The van der Waals surface area contributed by atoms with Crippen LogP contribution < -0.4 is 10.1 Å². The number of hydrogen-bond acceptors (Lipinski definition) is 5. The molecule has 5 nitrogen and oxygen atoms in total. The molecular formula is C21H29NO4. The fourth-order valence-electron chi connectivity index (χ4n) is 5.37. The van der Waals surface area contributed by atoms with E-state index in [4.69, 9.17) is 14.2 Å². The summed E-state index contributed by atoms with van der Waals surface area (Å²) in [5.74, 6) is 1.52. The zero-order chi connectivity index (χ0) is 18.0. The summed E-state index contributed by atoms with van der Waals surface area (Å²) >= 11 is 0. The first-order valence-corrected chi connectivity index (χ1v) is 10.0. The van der Waals surface area contributed by atoms with E-state index in [0.717, 1.165) is 31.1 Å². The lowest BCUT2D eigenvalue weighted by Gasteiger charge is -2.56. The van der Waals surface area contributed by atoms with Crippen molar-refractivity contribution >= 4 is 6.16 Å². The smallest absolute Gasteiger partial charge is 0.457 e. The van der Waals surface area contributed by atoms with Gasteiger partial charge in [-0.05, 0) is 67.8 Å². The van der Waals surface area contributed by atoms with E-state index >= 15 is 0 Å². The maximum Gasteiger partial charge on any atom is 0.511 e. The Balaban J connectivity index is 1.49. The van der Waals surface area contributed by atoms with Gasteiger partial charge in [0.1, 0.15) is 5.75 Å². The van der Waals surface area contributed by atoms with E-state index < -0.39 is 6.16 Å². The summed E-state index contributed by atoms with van der Waals surface area (Å²) in [5.41, 5.74) is 3.24. The molecule has 1 heterocycles. The second-order valence-electron chi connectivity index (χ2n) is 7.85. The second kappa shape index (κ2) is 7.47. The molecule has 0 unspecified atom stereocenters. The molecule has 0 radical (unpaired) electrons. The summed E-state index contributed by atoms with van der Waals surface area (Å²) in [7, 11) is 0. The molecule has 1 aliphatic heterocycles. The predicted octanol–water partition coefficient (Wildman–Crippen LogP) is 3.93. The minimum absolute atomic E-state index is 0.109. The van der Waals surface area contributed by atoms with Gasteiger partial charge in [-0.1, -0.05) is 25.8 Å². The Bertz CT molecular complexity index is 657. The molecule has 0 spiro atoms. The monoisotopic (exact) mass is 359 g/mol. The molecule has 3 atom stereocenters. The zero-order valence-electron chi connectivity index (χ0n) is 15.6. The SMILES string of the molecule is CCCOC(=O)OCOc1ccc2c(c1)[C@]13CCCC[C@@H]1[C@@H](C2)NCC3. The number of nitrogens with one attached hydrogen (secondary N) is 1. The van der Waals surface area contributed by atoms with Crippen LogP contribution >= 0.6 is 0 Å². The van der Waals surface area contributed by atoms with Crippen LogP contribution in [0.1, 0.15) is 56.6 Å². The number of hydrogen-bond donors (Lipinski definition) is 1. The average Bonchev–Trinajstić information content (AvgIpc) is 2.67. The van der Waals surface area contributed by atoms with Crippen molar-refractivity contribution in [3.05, 3.63) is 29.3 Å². The van der Waals surface area contributed by atoms with Crippen molar-refractivity contribution < 1.29 is 19.0 Å². The molecule has 1 saturated carbocycles. The second-order valence-corrected chi connectivity index (χ2v) is 7.85. The fraction of sp³-hybridized carbons (Fsp3) is 0.667. The van der Waals surface area contributed by atoms with Crippen LogP contribution in [0.15, 0.2) is 18.2 Å². The van der Waals surface area contributed by atoms with Crippen LogP contribution in [0.4, 0.5) is 4.79 Å². The van der Waals surface area contributed by atoms with Crippen LogP contribution in [-0.2, 0) is 21.3 Å². The molecule has 4 rings (SSSR count). The van der Waals surface area contributed by atoms with E-state index in [9.17, 15) is 4.79 Å². The molecule has 2 aliphatic carbocycles. The maximum absolute atomic E-state index is 11.4. The molecule has 1 aromatic carbocycles. The van der Waals surface area contributed by atoms with Crippen molar-refractivity contribution in [1.82, 2.24) is 5.32 Å². The number of rotatable bonds is 5. The topological polar surface area (TPSA) is 56.8 Å². The summed E-state index contributed by atoms with van der Waals surface area (Å²) in [6.07, 6.45) is 7.72. The van der Waals surface area contributed by atoms with Gasteiger partial charge in [0.05, 0.1) is 6.61 Å². The first-order chi connectivity index (χ1) is 12.7. The van der Waals surface area contributed by atoms with E-state index in [1.54, 1.807) is 0 Å². The molecule has 2 bridgehead atoms. The summed E-state index contributed by atoms with van der Waals surface area (Å²) < 4.78 is 15.6. The lowest BCUT2D eigenvalue weighted by molar-refractivity contribution is 0.00449. The van der Waals surface area contributed by atoms with Crippen molar-refractivity contribution in [3.8, 4) is 5.75 Å². The molecule has 3 aliphatic rings. The van der Waals surface area contributed by atoms with Gasteiger partial charge < -0.3 is 19.5 Å². The van der Waals surface area contributed by atoms with Crippen molar-refractivity contribution in [3.63, 3.8) is 0 Å². The summed E-state index contributed by atoms with van der Waals surface area (Å²) in [5, 5.41) is 3.76. The molecule has 1 N–H and O–H groups in total. The van der Waals surface area contributed by atoms with E-state index in [-0.39, 0.29) is 6.79 Å². The quantitative estimate of drug-likeness (QED) is 0.638. The third kappa shape index (κ3) is 3.18. The number of fused-ring (bicyclic) bond motifs is 1. The fourth-order valence-corrected chi connectivity index (χ4v) is 5.37. The Kier molecular flexibility index (Phi) is 5.07. The summed E-state index contributed by atoms with van der Waals surface area (Å²) in [6, 6.07) is 7.03. The van der Waals surface area contributed by atoms with E-state index in [0.29, 0.717) is 18.1 Å². The molecule has 5 heteroatoms. The lowest BCUT2D eigenvalue weighted by Crippen LogP contribution is -2.59. The summed E-state index contributed by atoms with van der Waals surface area (Å²) in [6.45, 7) is 3.32. The van der Waals surface area contributed by atoms with Crippen LogP contribution in [0.25, 0.3) is 0 Å². The first-order valence-electron chi connectivity index (χ1n) is 10.0. The zero-order valence-corrected chi connectivity index (χ0v) is 15.6. The highest BCUT2D eigenvalue weighted by Crippen LogP contribution is 2.54. The largest absolute Gasteiger partial charge is 0.511 e. The third-order valence-electron chi connectivity index (χ3n) is 6.45. The van der Waals surface area contributed by atoms with Gasteiger partial charge >= 0.3 is 6.16 Å². The molecule has 1 saturated heterocycles. The number of carbonyl (C=O) groups excluding carboxylic acids is 1. The van der Waals surface area contributed by atoms with Gasteiger partial charge in [0.2, 0.25) is 6.79 Å². The van der Waals surface area contributed by atoms with E-state index in [1.807, 2.05) is 13.0 Å². The molecular weight excluding hydrogens is 330 g/mol. The van der Waals surface area contributed by atoms with Gasteiger partial charge in [-0.3, -0.25) is 0 Å². The molecule has 26 heavy (non-hydrogen) atoms. The van der Waals surface area contributed by atoms with Gasteiger partial charge in [0.15, 0.2) is 0 Å². The van der Waals surface area contributed by atoms with Crippen LogP contribution in [0.2, 0.25) is 0 Å². The van der Waals surface area contributed by atoms with Gasteiger partial charge in [0, 0.05) is 11.5 Å². The highest BCUT2D eigenvalue weighted by molar-refractivity contribution is 5.59. The lowest BCUT2D eigenvalue weighted by atomic mass is 9.53. The van der Waals surface area contributed by atoms with Gasteiger partial charge in [0.25, 0.3) is 0 Å². The maximum atomic E-state index is 11.4. The number of piperidine rings is 1. The van der Waals surface area contributed by atoms with Crippen molar-refractivity contribution in [2.45, 2.75) is 63.3 Å². The first kappa shape index (κ1) is 17.7. The Hall–Kier alpha value is -1.75. The van der Waals surface area contributed by atoms with Crippen molar-refractivity contribution in [2.24, 2.45) is 5.92 Å². The number of carbonyl (C=O) groups is 1. The Morgan fingerprint density at radius 1 is 1.27 bits per heavy atom. The van der Waals surface area contributed by atoms with Crippen LogP contribution in [0.3, 0.4) is 0 Å². The van der Waals surface area contributed by atoms with E-state index in [2.05, 4.69) is 17.4 Å². The minimum atomic E-state index is -0.669. The van der Waals surface area contributed by atoms with Crippen LogP contribution in [0.5, 0.6) is 5.75 Å². The average molecular weight is 359 g/mol. The van der Waals surface area contributed by atoms with Crippen molar-refractivity contribution in [2.75, 3.05) is 19.9 Å². The normalized spacial score (nSPS) is 29.3. The molecule has 142 valence electrons. The Morgan fingerprint density at radius 3 is 3.08 bits per heavy atom. The van der Waals surface area contributed by atoms with E-state index in [1.165, 1.54) is 43.2 Å². The molecule has 0 aromatic heterocycles. The standard InChI is InChI=1S/C21H29NO4/c1-2-11-24-20(23)26-14-25-16-7-6-15-12-19-17-5-3-4-8-21(17,9-10-22-19)18(15)13-16/h6-7,13,17,19,22H,2-5,8-12,14H2,1H3/t17-,19-,21+/m1/s1. The summed E-state index contributed by atoms with van der Waals surface area (Å²) in [4.78, 5) is 11.4. The Labute approximate surface area is 155 Å². The van der Waals surface area contributed by atoms with Crippen LogP contribution in [-0.4, -0.2) is 32.1 Å². The molecule has 0 amide bonds. The van der Waals surface area contributed by atoms with Gasteiger partial charge in [-0.2, -0.15) is 0 Å². The highest BCUT2D eigenvalue weighted by atomic mass is 16.8. The third-order valence-corrected chi connectivity index (χ3v) is 6.45. The number of benzene rings is 1. The minimum Gasteiger partial charge on any atom is -0.457 e. The molecule has 2 fully saturated rings.